The minimum atomic E-state index is -0.749. The predicted octanol–water partition coefficient (Wildman–Crippen LogP) is 4.93. The summed E-state index contributed by atoms with van der Waals surface area (Å²) in [6.45, 7) is 4.70. The molecule has 1 fully saturated rings. The first kappa shape index (κ1) is 21.6. The van der Waals surface area contributed by atoms with Gasteiger partial charge >= 0.3 is 5.97 Å². The molecule has 0 spiro atoms. The van der Waals surface area contributed by atoms with Crippen LogP contribution in [0.2, 0.25) is 0 Å². The van der Waals surface area contributed by atoms with Crippen molar-refractivity contribution in [2.45, 2.75) is 44.4 Å². The van der Waals surface area contributed by atoms with E-state index in [1.807, 2.05) is 6.07 Å². The molecule has 4 aromatic rings. The molecule has 2 atom stereocenters. The van der Waals surface area contributed by atoms with Gasteiger partial charge < -0.3 is 14.4 Å². The monoisotopic (exact) mass is 450 g/mol. The molecular formula is C25H27FN4O3. The predicted molar refractivity (Wildman–Crippen MR) is 123 cm³/mol. The summed E-state index contributed by atoms with van der Waals surface area (Å²) in [5, 5.41) is 17.6. The molecule has 33 heavy (non-hydrogen) atoms. The molecule has 1 saturated carbocycles. The number of halogens is 1. The van der Waals surface area contributed by atoms with Crippen molar-refractivity contribution in [3.63, 3.8) is 0 Å². The number of H-pyrrole nitrogens is 1. The van der Waals surface area contributed by atoms with Gasteiger partial charge in [0.2, 0.25) is 0 Å². The van der Waals surface area contributed by atoms with E-state index in [2.05, 4.69) is 28.6 Å². The molecular weight excluding hydrogens is 423 g/mol. The zero-order valence-electron chi connectivity index (χ0n) is 18.9. The molecule has 0 saturated heterocycles. The molecule has 0 bridgehead atoms. The Bertz CT molecular complexity index is 1340. The van der Waals surface area contributed by atoms with Crippen molar-refractivity contribution in [3.8, 4) is 5.69 Å². The summed E-state index contributed by atoms with van der Waals surface area (Å²) in [7, 11) is 1.68. The first-order valence-electron chi connectivity index (χ1n) is 11.2. The standard InChI is InChI=1S/C25H27FN4O3/c1-25(2,13-33-3)22-20(14-4-5-15(10-14)24(31)32)21-19(11-16-12-27-29-23(16)28-21)30(22)18-8-6-17(26)7-9-18/h6-9,11-12,14-15H,4-5,10,13H2,1-3H3,(H,31,32)(H,27,28,29). The molecule has 8 heteroatoms. The molecule has 5 rings (SSSR count). The number of rotatable bonds is 6. The third kappa shape index (κ3) is 3.58. The number of methoxy groups -OCH3 is 1. The molecule has 7 nitrogen and oxygen atoms in total. The average Bonchev–Trinajstić information content (AvgIpc) is 3.49. The van der Waals surface area contributed by atoms with Crippen LogP contribution in [0.5, 0.6) is 0 Å². The van der Waals surface area contributed by atoms with Crippen LogP contribution in [0.25, 0.3) is 27.8 Å². The zero-order valence-corrected chi connectivity index (χ0v) is 18.9. The molecule has 1 aliphatic carbocycles. The summed E-state index contributed by atoms with van der Waals surface area (Å²) in [4.78, 5) is 16.7. The fourth-order valence-corrected chi connectivity index (χ4v) is 5.40. The number of aromatic nitrogens is 4. The summed E-state index contributed by atoms with van der Waals surface area (Å²) >= 11 is 0. The van der Waals surface area contributed by atoms with E-state index in [-0.39, 0.29) is 17.7 Å². The number of hydrogen-bond acceptors (Lipinski definition) is 4. The molecule has 0 aliphatic heterocycles. The van der Waals surface area contributed by atoms with Gasteiger partial charge in [-0.1, -0.05) is 13.8 Å². The Labute approximate surface area is 190 Å². The second-order valence-corrected chi connectivity index (χ2v) is 9.60. The highest BCUT2D eigenvalue weighted by molar-refractivity contribution is 5.94. The van der Waals surface area contributed by atoms with Crippen LogP contribution in [0.15, 0.2) is 36.5 Å². The Morgan fingerprint density at radius 1 is 1.30 bits per heavy atom. The van der Waals surface area contributed by atoms with Gasteiger partial charge in [-0.25, -0.2) is 9.37 Å². The van der Waals surface area contributed by atoms with Crippen molar-refractivity contribution < 1.29 is 19.0 Å². The van der Waals surface area contributed by atoms with Gasteiger partial charge in [-0.05, 0) is 55.5 Å². The summed E-state index contributed by atoms with van der Waals surface area (Å²) in [6, 6.07) is 8.48. The van der Waals surface area contributed by atoms with Gasteiger partial charge in [0.15, 0.2) is 5.65 Å². The van der Waals surface area contributed by atoms with Crippen molar-refractivity contribution in [1.82, 2.24) is 19.7 Å². The van der Waals surface area contributed by atoms with Crippen molar-refractivity contribution in [2.24, 2.45) is 5.92 Å². The third-order valence-electron chi connectivity index (χ3n) is 6.80. The fourth-order valence-electron chi connectivity index (χ4n) is 5.40. The molecule has 3 heterocycles. The molecule has 2 N–H and O–H groups in total. The van der Waals surface area contributed by atoms with E-state index >= 15 is 0 Å². The van der Waals surface area contributed by atoms with E-state index in [1.165, 1.54) is 12.1 Å². The van der Waals surface area contributed by atoms with Gasteiger partial charge in [0.1, 0.15) is 5.82 Å². The SMILES string of the molecule is COCC(C)(C)c1c(C2CCC(C(=O)O)C2)c2nc3[nH]ncc3cc2n1-c1ccc(F)cc1. The van der Waals surface area contributed by atoms with Gasteiger partial charge in [-0.3, -0.25) is 9.89 Å². The zero-order chi connectivity index (χ0) is 23.3. The topological polar surface area (TPSA) is 93.0 Å². The average molecular weight is 451 g/mol. The Hall–Kier alpha value is -3.26. The molecule has 1 aromatic carbocycles. The maximum Gasteiger partial charge on any atom is 0.306 e. The first-order chi connectivity index (χ1) is 15.8. The van der Waals surface area contributed by atoms with Crippen LogP contribution >= 0.6 is 0 Å². The molecule has 172 valence electrons. The Morgan fingerprint density at radius 3 is 2.73 bits per heavy atom. The van der Waals surface area contributed by atoms with Gasteiger partial charge in [0.25, 0.3) is 0 Å². The normalized spacial score (nSPS) is 19.0. The number of hydrogen-bond donors (Lipinski definition) is 2. The van der Waals surface area contributed by atoms with Gasteiger partial charge in [-0.2, -0.15) is 5.10 Å². The minimum absolute atomic E-state index is 0.0503. The summed E-state index contributed by atoms with van der Waals surface area (Å²) in [5.41, 5.74) is 4.89. The number of benzene rings is 1. The lowest BCUT2D eigenvalue weighted by Crippen LogP contribution is -2.28. The number of nitrogens with zero attached hydrogens (tertiary/aromatic N) is 3. The highest BCUT2D eigenvalue weighted by Crippen LogP contribution is 2.47. The van der Waals surface area contributed by atoms with Crippen LogP contribution < -0.4 is 0 Å². The number of carboxylic acid groups (broad SMARTS) is 1. The third-order valence-corrected chi connectivity index (χ3v) is 6.80. The lowest BCUT2D eigenvalue weighted by molar-refractivity contribution is -0.141. The summed E-state index contributed by atoms with van der Waals surface area (Å²) in [5.74, 6) is -1.37. The lowest BCUT2D eigenvalue weighted by atomic mass is 9.82. The number of ether oxygens (including phenoxy) is 1. The fraction of sp³-hybridized carbons (Fsp3) is 0.400. The second-order valence-electron chi connectivity index (χ2n) is 9.60. The molecule has 3 aromatic heterocycles. The Kier molecular flexibility index (Phi) is 5.20. The molecule has 0 radical (unpaired) electrons. The van der Waals surface area contributed by atoms with Gasteiger partial charge in [-0.15, -0.1) is 0 Å². The number of aromatic amines is 1. The van der Waals surface area contributed by atoms with Crippen LogP contribution in [0.1, 0.15) is 50.3 Å². The van der Waals surface area contributed by atoms with E-state index in [9.17, 15) is 14.3 Å². The molecule has 0 amide bonds. The van der Waals surface area contributed by atoms with E-state index < -0.39 is 11.4 Å². The quantitative estimate of drug-likeness (QED) is 0.434. The number of aliphatic carboxylic acids is 1. The van der Waals surface area contributed by atoms with E-state index in [4.69, 9.17) is 9.72 Å². The van der Waals surface area contributed by atoms with Crippen LogP contribution in [0.3, 0.4) is 0 Å². The van der Waals surface area contributed by atoms with Gasteiger partial charge in [0, 0.05) is 34.9 Å². The van der Waals surface area contributed by atoms with Crippen LogP contribution in [-0.4, -0.2) is 44.5 Å². The largest absolute Gasteiger partial charge is 0.481 e. The lowest BCUT2D eigenvalue weighted by Gasteiger charge is -2.29. The molecule has 1 aliphatic rings. The highest BCUT2D eigenvalue weighted by atomic mass is 19.1. The Morgan fingerprint density at radius 2 is 2.06 bits per heavy atom. The van der Waals surface area contributed by atoms with E-state index in [1.54, 1.807) is 25.4 Å². The van der Waals surface area contributed by atoms with Crippen molar-refractivity contribution in [1.29, 1.82) is 0 Å². The van der Waals surface area contributed by atoms with Crippen LogP contribution in [-0.2, 0) is 14.9 Å². The number of pyridine rings is 1. The highest BCUT2D eigenvalue weighted by Gasteiger charge is 2.39. The molecule has 2 unspecified atom stereocenters. The second kappa shape index (κ2) is 7.95. The smallest absolute Gasteiger partial charge is 0.306 e. The van der Waals surface area contributed by atoms with Crippen molar-refractivity contribution in [3.05, 3.63) is 53.6 Å². The van der Waals surface area contributed by atoms with Crippen molar-refractivity contribution in [2.75, 3.05) is 13.7 Å². The minimum Gasteiger partial charge on any atom is -0.481 e. The number of nitrogens with one attached hydrogen (secondary N) is 1. The van der Waals surface area contributed by atoms with Crippen LogP contribution in [0, 0.1) is 11.7 Å². The maximum absolute atomic E-state index is 13.8. The summed E-state index contributed by atoms with van der Waals surface area (Å²) in [6.07, 6.45) is 3.72. The van der Waals surface area contributed by atoms with Crippen molar-refractivity contribution >= 4 is 28.0 Å². The number of carbonyl (C=O) groups is 1. The Balaban J connectivity index is 1.86. The first-order valence-corrected chi connectivity index (χ1v) is 11.2. The maximum atomic E-state index is 13.8. The van der Waals surface area contributed by atoms with E-state index in [0.29, 0.717) is 25.1 Å². The van der Waals surface area contributed by atoms with Gasteiger partial charge in [0.05, 0.1) is 29.8 Å². The number of carboxylic acids is 1. The van der Waals surface area contributed by atoms with E-state index in [0.717, 1.165) is 39.8 Å². The summed E-state index contributed by atoms with van der Waals surface area (Å²) < 4.78 is 21.5. The number of fused-ring (bicyclic) bond motifs is 2. The van der Waals surface area contributed by atoms with Crippen LogP contribution in [0.4, 0.5) is 4.39 Å².